The Hall–Kier alpha value is -1.36. The fourth-order valence-electron chi connectivity index (χ4n) is 2.53. The maximum Gasteiger partial charge on any atom is 0.248 e. The summed E-state index contributed by atoms with van der Waals surface area (Å²) in [5, 5.41) is 2.76. The molecule has 1 aliphatic rings. The Labute approximate surface area is 127 Å². The van der Waals surface area contributed by atoms with Crippen molar-refractivity contribution in [2.75, 3.05) is 0 Å². The first-order chi connectivity index (χ1) is 9.24. The first-order valence-corrected chi connectivity index (χ1v) is 7.43. The maximum atomic E-state index is 12.6. The highest BCUT2D eigenvalue weighted by atomic mass is 79.9. The predicted molar refractivity (Wildman–Crippen MR) is 81.1 cm³/mol. The van der Waals surface area contributed by atoms with Crippen molar-refractivity contribution in [3.05, 3.63) is 34.3 Å². The minimum atomic E-state index is -0.857. The number of halogens is 1. The minimum absolute atomic E-state index is 0.0583. The lowest BCUT2D eigenvalue weighted by Gasteiger charge is -2.44. The Balaban J connectivity index is 2.38. The molecule has 1 aromatic carbocycles. The van der Waals surface area contributed by atoms with Crippen molar-refractivity contribution in [2.24, 2.45) is 0 Å². The van der Waals surface area contributed by atoms with Crippen molar-refractivity contribution in [3.63, 3.8) is 0 Å². The molecule has 1 heterocycles. The molecule has 1 aromatic rings. The Morgan fingerprint density at radius 3 is 2.60 bits per heavy atom. The van der Waals surface area contributed by atoms with Gasteiger partial charge in [-0.15, -0.1) is 0 Å². The minimum Gasteiger partial charge on any atom is -0.340 e. The van der Waals surface area contributed by atoms with Crippen molar-refractivity contribution < 1.29 is 9.59 Å². The Morgan fingerprint density at radius 1 is 1.35 bits per heavy atom. The Morgan fingerprint density at radius 2 is 2.00 bits per heavy atom. The summed E-state index contributed by atoms with van der Waals surface area (Å²) in [7, 11) is 0. The van der Waals surface area contributed by atoms with Crippen LogP contribution in [0.3, 0.4) is 0 Å². The Bertz CT molecular complexity index is 557. The van der Waals surface area contributed by atoms with Gasteiger partial charge in [-0.3, -0.25) is 9.59 Å². The van der Waals surface area contributed by atoms with E-state index in [1.54, 1.807) is 25.7 Å². The summed E-state index contributed by atoms with van der Waals surface area (Å²) in [6.45, 7) is 7.18. The molecule has 0 aromatic heterocycles. The van der Waals surface area contributed by atoms with Crippen LogP contribution in [0.1, 0.15) is 39.3 Å². The standard InChI is InChI=1S/C15H19BrN2O2/c1-9(11-6-5-7-12(16)8-11)18-10(2)13(19)17-15(3,4)14(18)20/h5-10H,1-4H3,(H,17,19). The number of hydrogen-bond acceptors (Lipinski definition) is 2. The largest absolute Gasteiger partial charge is 0.340 e. The van der Waals surface area contributed by atoms with E-state index < -0.39 is 11.6 Å². The van der Waals surface area contributed by atoms with Gasteiger partial charge in [-0.25, -0.2) is 0 Å². The van der Waals surface area contributed by atoms with E-state index in [0.29, 0.717) is 0 Å². The number of carbonyl (C=O) groups excluding carboxylic acids is 2. The van der Waals surface area contributed by atoms with E-state index >= 15 is 0 Å². The van der Waals surface area contributed by atoms with Gasteiger partial charge in [0.1, 0.15) is 11.6 Å². The topological polar surface area (TPSA) is 49.4 Å². The molecule has 0 bridgehead atoms. The molecule has 20 heavy (non-hydrogen) atoms. The molecule has 1 fully saturated rings. The Kier molecular flexibility index (Phi) is 3.91. The van der Waals surface area contributed by atoms with Crippen LogP contribution < -0.4 is 5.32 Å². The van der Waals surface area contributed by atoms with E-state index in [4.69, 9.17) is 0 Å². The summed E-state index contributed by atoms with van der Waals surface area (Å²) >= 11 is 3.44. The van der Waals surface area contributed by atoms with Gasteiger partial charge in [0, 0.05) is 4.47 Å². The monoisotopic (exact) mass is 338 g/mol. The van der Waals surface area contributed by atoms with Crippen molar-refractivity contribution in [3.8, 4) is 0 Å². The van der Waals surface area contributed by atoms with Gasteiger partial charge in [0.15, 0.2) is 0 Å². The van der Waals surface area contributed by atoms with Crippen LogP contribution >= 0.6 is 15.9 Å². The van der Waals surface area contributed by atoms with Gasteiger partial charge in [0.05, 0.1) is 6.04 Å². The first kappa shape index (κ1) is 15.0. The maximum absolute atomic E-state index is 12.6. The van der Waals surface area contributed by atoms with Gasteiger partial charge in [-0.2, -0.15) is 0 Å². The third-order valence-corrected chi connectivity index (χ3v) is 4.24. The van der Waals surface area contributed by atoms with Crippen LogP contribution in [0.4, 0.5) is 0 Å². The lowest BCUT2D eigenvalue weighted by Crippen LogP contribution is -2.67. The fraction of sp³-hybridized carbons (Fsp3) is 0.467. The molecule has 1 saturated heterocycles. The smallest absolute Gasteiger partial charge is 0.248 e. The SMILES string of the molecule is CC1C(=O)NC(C)(C)C(=O)N1C(C)c1cccc(Br)c1. The normalized spacial score (nSPS) is 23.4. The molecule has 0 radical (unpaired) electrons. The van der Waals surface area contributed by atoms with Crippen LogP contribution in [-0.4, -0.2) is 28.3 Å². The van der Waals surface area contributed by atoms with E-state index in [-0.39, 0.29) is 17.9 Å². The third kappa shape index (κ3) is 2.59. The lowest BCUT2D eigenvalue weighted by atomic mass is 9.94. The third-order valence-electron chi connectivity index (χ3n) is 3.75. The van der Waals surface area contributed by atoms with Crippen LogP contribution in [0.15, 0.2) is 28.7 Å². The molecule has 2 atom stereocenters. The number of amides is 2. The summed E-state index contributed by atoms with van der Waals surface area (Å²) in [5.74, 6) is -0.173. The van der Waals surface area contributed by atoms with Gasteiger partial charge < -0.3 is 10.2 Å². The fourth-order valence-corrected chi connectivity index (χ4v) is 2.95. The molecule has 4 nitrogen and oxygen atoms in total. The molecule has 1 aliphatic heterocycles. The second-order valence-electron chi connectivity index (χ2n) is 5.73. The molecule has 2 rings (SSSR count). The molecule has 0 spiro atoms. The molecular formula is C15H19BrN2O2. The molecule has 108 valence electrons. The van der Waals surface area contributed by atoms with Crippen molar-refractivity contribution >= 4 is 27.7 Å². The zero-order valence-corrected chi connectivity index (χ0v) is 13.7. The highest BCUT2D eigenvalue weighted by Gasteiger charge is 2.45. The van der Waals surface area contributed by atoms with E-state index in [2.05, 4.69) is 21.2 Å². The van der Waals surface area contributed by atoms with Crippen LogP contribution in [0, 0.1) is 0 Å². The highest BCUT2D eigenvalue weighted by Crippen LogP contribution is 2.29. The molecule has 0 saturated carbocycles. The van der Waals surface area contributed by atoms with Gasteiger partial charge in [0.2, 0.25) is 11.8 Å². The van der Waals surface area contributed by atoms with Crippen LogP contribution in [0.2, 0.25) is 0 Å². The highest BCUT2D eigenvalue weighted by molar-refractivity contribution is 9.10. The molecule has 2 unspecified atom stereocenters. The number of piperazine rings is 1. The molecule has 5 heteroatoms. The quantitative estimate of drug-likeness (QED) is 0.901. The molecule has 0 aliphatic carbocycles. The summed E-state index contributed by atoms with van der Waals surface area (Å²) in [5.41, 5.74) is 0.147. The molecule has 1 N–H and O–H groups in total. The van der Waals surface area contributed by atoms with Crippen LogP contribution in [-0.2, 0) is 9.59 Å². The van der Waals surface area contributed by atoms with Crippen molar-refractivity contribution in [1.82, 2.24) is 10.2 Å². The second-order valence-corrected chi connectivity index (χ2v) is 6.65. The molecule has 2 amide bonds. The number of nitrogens with zero attached hydrogens (tertiary/aromatic N) is 1. The van der Waals surface area contributed by atoms with E-state index in [0.717, 1.165) is 10.0 Å². The number of nitrogens with one attached hydrogen (secondary N) is 1. The van der Waals surface area contributed by atoms with Crippen molar-refractivity contribution in [2.45, 2.75) is 45.3 Å². The summed E-state index contributed by atoms with van der Waals surface area (Å²) in [4.78, 5) is 26.3. The van der Waals surface area contributed by atoms with Crippen molar-refractivity contribution in [1.29, 1.82) is 0 Å². The van der Waals surface area contributed by atoms with E-state index in [1.807, 2.05) is 31.2 Å². The lowest BCUT2D eigenvalue weighted by molar-refractivity contribution is -0.155. The zero-order chi connectivity index (χ0) is 15.1. The van der Waals surface area contributed by atoms with E-state index in [1.165, 1.54) is 0 Å². The van der Waals surface area contributed by atoms with Gasteiger partial charge in [-0.05, 0) is 45.4 Å². The number of rotatable bonds is 2. The van der Waals surface area contributed by atoms with Crippen LogP contribution in [0.5, 0.6) is 0 Å². The summed E-state index contributed by atoms with van der Waals surface area (Å²) < 4.78 is 0.961. The number of carbonyl (C=O) groups is 2. The molecular weight excluding hydrogens is 320 g/mol. The summed E-state index contributed by atoms with van der Waals surface area (Å²) in [6.07, 6.45) is 0. The van der Waals surface area contributed by atoms with E-state index in [9.17, 15) is 9.59 Å². The number of hydrogen-bond donors (Lipinski definition) is 1. The van der Waals surface area contributed by atoms with Crippen LogP contribution in [0.25, 0.3) is 0 Å². The second kappa shape index (κ2) is 5.20. The average molecular weight is 339 g/mol. The number of benzene rings is 1. The first-order valence-electron chi connectivity index (χ1n) is 6.64. The van der Waals surface area contributed by atoms with Gasteiger partial charge in [0.25, 0.3) is 0 Å². The average Bonchev–Trinajstić information content (AvgIpc) is 2.36. The predicted octanol–water partition coefficient (Wildman–Crippen LogP) is 2.64. The summed E-state index contributed by atoms with van der Waals surface area (Å²) in [6, 6.07) is 7.19. The zero-order valence-electron chi connectivity index (χ0n) is 12.1. The van der Waals surface area contributed by atoms with Gasteiger partial charge >= 0.3 is 0 Å². The van der Waals surface area contributed by atoms with Gasteiger partial charge in [-0.1, -0.05) is 28.1 Å².